The summed E-state index contributed by atoms with van der Waals surface area (Å²) in [5.74, 6) is 0.790. The molecule has 166 valence electrons. The SMILES string of the molecule is COc1ccc(N(c2ccccc2)c2ccc(/C=C/c3c(C#N)cc(C#N)cc3C#N)cc2)cc1. The number of nitrogens with zero attached hydrogens (tertiary/aromatic N) is 4. The van der Waals surface area contributed by atoms with Gasteiger partial charge in [0.25, 0.3) is 0 Å². The fourth-order valence-electron chi connectivity index (χ4n) is 3.75. The van der Waals surface area contributed by atoms with Gasteiger partial charge in [-0.05, 0) is 66.2 Å². The predicted molar refractivity (Wildman–Crippen MR) is 137 cm³/mol. The minimum Gasteiger partial charge on any atom is -0.497 e. The summed E-state index contributed by atoms with van der Waals surface area (Å²) in [6.45, 7) is 0. The molecule has 0 heterocycles. The highest BCUT2D eigenvalue weighted by molar-refractivity contribution is 5.80. The Bertz CT molecular complexity index is 1450. The van der Waals surface area contributed by atoms with E-state index in [-0.39, 0.29) is 0 Å². The summed E-state index contributed by atoms with van der Waals surface area (Å²) in [6.07, 6.45) is 3.60. The van der Waals surface area contributed by atoms with Crippen LogP contribution in [0.1, 0.15) is 27.8 Å². The summed E-state index contributed by atoms with van der Waals surface area (Å²) < 4.78 is 5.30. The third-order valence-corrected chi connectivity index (χ3v) is 5.49. The van der Waals surface area contributed by atoms with Crippen molar-refractivity contribution in [1.29, 1.82) is 15.8 Å². The Kier molecular flexibility index (Phi) is 6.89. The van der Waals surface area contributed by atoms with E-state index in [1.807, 2.05) is 78.9 Å². The van der Waals surface area contributed by atoms with E-state index in [2.05, 4.69) is 29.2 Å². The molecule has 0 N–H and O–H groups in total. The summed E-state index contributed by atoms with van der Waals surface area (Å²) in [4.78, 5) is 2.15. The molecule has 0 radical (unpaired) electrons. The Morgan fingerprint density at radius 2 is 1.20 bits per heavy atom. The number of para-hydroxylation sites is 1. The molecule has 0 spiro atoms. The lowest BCUT2D eigenvalue weighted by atomic mass is 9.98. The molecule has 4 aromatic rings. The molecule has 0 amide bonds. The zero-order valence-corrected chi connectivity index (χ0v) is 19.0. The van der Waals surface area contributed by atoms with Crippen LogP contribution in [0.4, 0.5) is 17.1 Å². The zero-order chi connectivity index (χ0) is 24.6. The van der Waals surface area contributed by atoms with Crippen molar-refractivity contribution in [3.05, 3.63) is 119 Å². The lowest BCUT2D eigenvalue weighted by Crippen LogP contribution is -2.09. The maximum Gasteiger partial charge on any atom is 0.119 e. The second kappa shape index (κ2) is 10.5. The Labute approximate surface area is 204 Å². The van der Waals surface area contributed by atoms with Crippen molar-refractivity contribution in [2.24, 2.45) is 0 Å². The average molecular weight is 453 g/mol. The maximum atomic E-state index is 9.49. The largest absolute Gasteiger partial charge is 0.497 e. The van der Waals surface area contributed by atoms with Gasteiger partial charge in [0.1, 0.15) is 5.75 Å². The monoisotopic (exact) mass is 452 g/mol. The van der Waals surface area contributed by atoms with E-state index in [1.165, 1.54) is 12.1 Å². The van der Waals surface area contributed by atoms with Gasteiger partial charge in [-0.2, -0.15) is 15.8 Å². The van der Waals surface area contributed by atoms with Gasteiger partial charge in [-0.25, -0.2) is 0 Å². The number of nitriles is 3. The third-order valence-electron chi connectivity index (χ3n) is 5.49. The third kappa shape index (κ3) is 5.04. The fraction of sp³-hybridized carbons (Fsp3) is 0.0333. The summed E-state index contributed by atoms with van der Waals surface area (Å²) in [6, 6.07) is 35.1. The molecule has 0 bridgehead atoms. The molecule has 35 heavy (non-hydrogen) atoms. The zero-order valence-electron chi connectivity index (χ0n) is 19.0. The fourth-order valence-corrected chi connectivity index (χ4v) is 3.75. The maximum absolute atomic E-state index is 9.49. The first-order chi connectivity index (χ1) is 17.2. The van der Waals surface area contributed by atoms with Gasteiger partial charge in [0.15, 0.2) is 0 Å². The normalized spacial score (nSPS) is 10.2. The number of rotatable bonds is 6. The van der Waals surface area contributed by atoms with Crippen molar-refractivity contribution in [3.63, 3.8) is 0 Å². The molecule has 0 aliphatic rings. The highest BCUT2D eigenvalue weighted by Gasteiger charge is 2.12. The lowest BCUT2D eigenvalue weighted by molar-refractivity contribution is 0.415. The van der Waals surface area contributed by atoms with Crippen LogP contribution in [-0.2, 0) is 0 Å². The summed E-state index contributed by atoms with van der Waals surface area (Å²) in [5, 5.41) is 28.1. The second-order valence-electron chi connectivity index (χ2n) is 7.61. The van der Waals surface area contributed by atoms with Crippen LogP contribution in [0, 0.1) is 34.0 Å². The highest BCUT2D eigenvalue weighted by atomic mass is 16.5. The molecule has 4 rings (SSSR count). The van der Waals surface area contributed by atoms with E-state index in [0.29, 0.717) is 22.3 Å². The van der Waals surface area contributed by atoms with Gasteiger partial charge in [-0.3, -0.25) is 0 Å². The van der Waals surface area contributed by atoms with Crippen molar-refractivity contribution in [1.82, 2.24) is 0 Å². The van der Waals surface area contributed by atoms with Crippen LogP contribution >= 0.6 is 0 Å². The van der Waals surface area contributed by atoms with Crippen molar-refractivity contribution < 1.29 is 4.74 Å². The number of benzene rings is 4. The lowest BCUT2D eigenvalue weighted by Gasteiger charge is -2.25. The van der Waals surface area contributed by atoms with Crippen LogP contribution in [0.3, 0.4) is 0 Å². The average Bonchev–Trinajstić information content (AvgIpc) is 2.93. The Hall–Kier alpha value is -5.31. The van der Waals surface area contributed by atoms with Gasteiger partial charge >= 0.3 is 0 Å². The van der Waals surface area contributed by atoms with Gasteiger partial charge in [0.2, 0.25) is 0 Å². The smallest absolute Gasteiger partial charge is 0.119 e. The Balaban J connectivity index is 1.68. The molecule has 0 unspecified atom stereocenters. The van der Waals surface area contributed by atoms with E-state index in [1.54, 1.807) is 13.2 Å². The number of anilines is 3. The molecule has 5 nitrogen and oxygen atoms in total. The molecule has 0 fully saturated rings. The molecule has 0 saturated carbocycles. The summed E-state index contributed by atoms with van der Waals surface area (Å²) >= 11 is 0. The second-order valence-corrected chi connectivity index (χ2v) is 7.61. The molecule has 0 aromatic heterocycles. The van der Waals surface area contributed by atoms with Gasteiger partial charge < -0.3 is 9.64 Å². The first-order valence-electron chi connectivity index (χ1n) is 10.8. The van der Waals surface area contributed by atoms with Crippen LogP contribution in [0.5, 0.6) is 5.75 Å². The Morgan fingerprint density at radius 1 is 0.657 bits per heavy atom. The highest BCUT2D eigenvalue weighted by Crippen LogP contribution is 2.35. The van der Waals surface area contributed by atoms with Crippen molar-refractivity contribution >= 4 is 29.2 Å². The van der Waals surface area contributed by atoms with Gasteiger partial charge in [-0.15, -0.1) is 0 Å². The molecule has 0 saturated heterocycles. The first-order valence-corrected chi connectivity index (χ1v) is 10.8. The van der Waals surface area contributed by atoms with E-state index < -0.39 is 0 Å². The molecule has 5 heteroatoms. The number of hydrogen-bond acceptors (Lipinski definition) is 5. The van der Waals surface area contributed by atoms with Crippen molar-refractivity contribution in [3.8, 4) is 24.0 Å². The number of methoxy groups -OCH3 is 1. The Morgan fingerprint density at radius 3 is 1.71 bits per heavy atom. The minimum absolute atomic E-state index is 0.291. The number of hydrogen-bond donors (Lipinski definition) is 0. The predicted octanol–water partition coefficient (Wildman–Crippen LogP) is 6.95. The quantitative estimate of drug-likeness (QED) is 0.296. The standard InChI is InChI=1S/C30H20N4O/c1-35-29-14-12-28(13-15-29)34(26-5-3-2-4-6-26)27-10-7-22(8-11-27)9-16-30-24(20-32)17-23(19-31)18-25(30)21-33/h2-18H,1H3/b16-9+. The van der Waals surface area contributed by atoms with Crippen LogP contribution in [0.15, 0.2) is 91.0 Å². The van der Waals surface area contributed by atoms with Crippen LogP contribution in [0.2, 0.25) is 0 Å². The number of ether oxygens (including phenoxy) is 1. The van der Waals surface area contributed by atoms with Gasteiger partial charge in [-0.1, -0.05) is 42.5 Å². The topological polar surface area (TPSA) is 83.8 Å². The van der Waals surface area contributed by atoms with E-state index in [0.717, 1.165) is 28.4 Å². The van der Waals surface area contributed by atoms with Gasteiger partial charge in [0, 0.05) is 22.6 Å². The van der Waals surface area contributed by atoms with Crippen molar-refractivity contribution in [2.45, 2.75) is 0 Å². The van der Waals surface area contributed by atoms with E-state index in [9.17, 15) is 10.5 Å². The molecular weight excluding hydrogens is 432 g/mol. The molecule has 0 atom stereocenters. The summed E-state index contributed by atoms with van der Waals surface area (Å²) in [7, 11) is 1.65. The van der Waals surface area contributed by atoms with E-state index >= 15 is 0 Å². The summed E-state index contributed by atoms with van der Waals surface area (Å²) in [5.41, 5.74) is 5.29. The molecular formula is C30H20N4O. The minimum atomic E-state index is 0.291. The molecule has 0 aliphatic heterocycles. The van der Waals surface area contributed by atoms with Gasteiger partial charge in [0.05, 0.1) is 42.0 Å². The van der Waals surface area contributed by atoms with Crippen LogP contribution in [-0.4, -0.2) is 7.11 Å². The van der Waals surface area contributed by atoms with Crippen LogP contribution < -0.4 is 9.64 Å². The molecule has 4 aromatic carbocycles. The van der Waals surface area contributed by atoms with Crippen molar-refractivity contribution in [2.75, 3.05) is 12.0 Å². The van der Waals surface area contributed by atoms with E-state index in [4.69, 9.17) is 10.00 Å². The first kappa shape index (κ1) is 22.9. The van der Waals surface area contributed by atoms with Crippen LogP contribution in [0.25, 0.3) is 12.2 Å². The molecule has 0 aliphatic carbocycles.